The van der Waals surface area contributed by atoms with Crippen molar-refractivity contribution in [1.82, 2.24) is 5.32 Å². The molecule has 6 N–H and O–H groups in total. The molecule has 11 nitrogen and oxygen atoms in total. The van der Waals surface area contributed by atoms with Gasteiger partial charge in [-0.1, -0.05) is 203 Å². The van der Waals surface area contributed by atoms with Crippen molar-refractivity contribution in [2.45, 2.75) is 250 Å². The molecule has 1 amide bonds. The number of unbranched alkanes of at least 4 members (excludes halogenated alkanes) is 21. The molecule has 8 unspecified atom stereocenters. The van der Waals surface area contributed by atoms with Crippen LogP contribution in [-0.4, -0.2) is 99.6 Å². The van der Waals surface area contributed by atoms with Crippen molar-refractivity contribution in [3.8, 4) is 0 Å². The Balaban J connectivity index is 2.80. The Kier molecular flexibility index (Phi) is 40.2. The summed E-state index contributed by atoms with van der Waals surface area (Å²) in [5.41, 5.74) is 0. The monoisotopic (exact) mass is 930 g/mol. The normalized spacial score (nSPS) is 20.8. The van der Waals surface area contributed by atoms with Crippen molar-refractivity contribution < 1.29 is 49.3 Å². The Morgan fingerprint density at radius 1 is 0.606 bits per heavy atom. The molecule has 1 heterocycles. The van der Waals surface area contributed by atoms with E-state index < -0.39 is 67.4 Å². The fourth-order valence-electron chi connectivity index (χ4n) is 7.70. The number of carbonyl (C=O) groups excluding carboxylic acids is 2. The van der Waals surface area contributed by atoms with Gasteiger partial charge in [-0.15, -0.1) is 0 Å². The predicted octanol–water partition coefficient (Wildman–Crippen LogP) is 10.9. The van der Waals surface area contributed by atoms with Crippen LogP contribution in [0.4, 0.5) is 0 Å². The number of aliphatic hydroxyl groups excluding tert-OH is 5. The first-order valence-corrected chi connectivity index (χ1v) is 26.3. The second-order valence-electron chi connectivity index (χ2n) is 18.0. The van der Waals surface area contributed by atoms with E-state index in [1.165, 1.54) is 64.2 Å². The minimum absolute atomic E-state index is 0.0936. The molecule has 0 aromatic rings. The third kappa shape index (κ3) is 32.0. The van der Waals surface area contributed by atoms with E-state index in [-0.39, 0.29) is 19.4 Å². The lowest BCUT2D eigenvalue weighted by atomic mass is 9.99. The van der Waals surface area contributed by atoms with Crippen LogP contribution in [0.3, 0.4) is 0 Å². The fraction of sp³-hybridized carbons (Fsp3) is 0.745. The average Bonchev–Trinajstić information content (AvgIpc) is 3.31. The van der Waals surface area contributed by atoms with Crippen molar-refractivity contribution in [1.29, 1.82) is 0 Å². The Morgan fingerprint density at radius 3 is 1.73 bits per heavy atom. The molecule has 1 aliphatic heterocycles. The second-order valence-corrected chi connectivity index (χ2v) is 18.0. The summed E-state index contributed by atoms with van der Waals surface area (Å²) in [5.74, 6) is -1.24. The van der Waals surface area contributed by atoms with E-state index in [2.05, 4.69) is 50.4 Å². The summed E-state index contributed by atoms with van der Waals surface area (Å²) in [6, 6.07) is -1.03. The van der Waals surface area contributed by atoms with Crippen LogP contribution in [0.1, 0.15) is 201 Å². The molecular weight excluding hydrogens is 835 g/mol. The van der Waals surface area contributed by atoms with Crippen LogP contribution < -0.4 is 5.32 Å². The highest BCUT2D eigenvalue weighted by Gasteiger charge is 2.47. The summed E-state index contributed by atoms with van der Waals surface area (Å²) in [7, 11) is 0. The van der Waals surface area contributed by atoms with E-state index in [9.17, 15) is 35.1 Å². The smallest absolute Gasteiger partial charge is 0.306 e. The third-order valence-electron chi connectivity index (χ3n) is 11.9. The molecular formula is C55H95NO10. The summed E-state index contributed by atoms with van der Waals surface area (Å²) >= 11 is 0. The van der Waals surface area contributed by atoms with Gasteiger partial charge >= 0.3 is 5.97 Å². The van der Waals surface area contributed by atoms with Gasteiger partial charge in [-0.05, 0) is 64.2 Å². The average molecular weight is 930 g/mol. The highest BCUT2D eigenvalue weighted by Crippen LogP contribution is 2.26. The molecule has 0 aromatic carbocycles. The number of nitrogens with one attached hydrogen (secondary N) is 1. The maximum atomic E-state index is 13.3. The fourth-order valence-corrected chi connectivity index (χ4v) is 7.70. The van der Waals surface area contributed by atoms with Gasteiger partial charge in [0, 0.05) is 6.42 Å². The van der Waals surface area contributed by atoms with Gasteiger partial charge in [-0.3, -0.25) is 9.59 Å². The quantitative estimate of drug-likeness (QED) is 0.0150. The first-order valence-electron chi connectivity index (χ1n) is 26.3. The van der Waals surface area contributed by atoms with E-state index in [1.807, 2.05) is 42.5 Å². The van der Waals surface area contributed by atoms with Crippen LogP contribution in [0.15, 0.2) is 72.9 Å². The Morgan fingerprint density at radius 2 is 1.12 bits per heavy atom. The third-order valence-corrected chi connectivity index (χ3v) is 11.9. The molecule has 0 aliphatic carbocycles. The zero-order valence-corrected chi connectivity index (χ0v) is 41.5. The molecule has 0 aromatic heterocycles. The van der Waals surface area contributed by atoms with Gasteiger partial charge < -0.3 is 45.1 Å². The highest BCUT2D eigenvalue weighted by molar-refractivity contribution is 5.80. The minimum Gasteiger partial charge on any atom is -0.454 e. The molecule has 1 rings (SSSR count). The van der Waals surface area contributed by atoms with E-state index in [1.54, 1.807) is 6.08 Å². The highest BCUT2D eigenvalue weighted by atomic mass is 16.7. The lowest BCUT2D eigenvalue weighted by Gasteiger charge is -2.41. The molecule has 1 saturated heterocycles. The van der Waals surface area contributed by atoms with Crippen LogP contribution in [0.25, 0.3) is 0 Å². The molecule has 380 valence electrons. The minimum atomic E-state index is -1.63. The Hall–Kier alpha value is -2.90. The van der Waals surface area contributed by atoms with Crippen molar-refractivity contribution in [2.75, 3.05) is 13.2 Å². The largest absolute Gasteiger partial charge is 0.454 e. The number of hydrogen-bond donors (Lipinski definition) is 6. The number of carbonyl (C=O) groups is 2. The number of rotatable bonds is 42. The number of amides is 1. The Labute approximate surface area is 400 Å². The number of hydrogen-bond acceptors (Lipinski definition) is 10. The number of esters is 1. The van der Waals surface area contributed by atoms with E-state index >= 15 is 0 Å². The zero-order valence-electron chi connectivity index (χ0n) is 41.5. The first-order chi connectivity index (χ1) is 32.2. The number of allylic oxidation sites excluding steroid dienone is 11. The summed E-state index contributed by atoms with van der Waals surface area (Å²) in [6.45, 7) is 5.54. The summed E-state index contributed by atoms with van der Waals surface area (Å²) < 4.78 is 17.5. The van der Waals surface area contributed by atoms with Crippen molar-refractivity contribution in [2.24, 2.45) is 0 Å². The van der Waals surface area contributed by atoms with E-state index in [0.29, 0.717) is 12.8 Å². The van der Waals surface area contributed by atoms with Crippen LogP contribution in [-0.2, 0) is 23.8 Å². The van der Waals surface area contributed by atoms with Gasteiger partial charge in [0.2, 0.25) is 5.91 Å². The van der Waals surface area contributed by atoms with Crippen LogP contribution in [0.2, 0.25) is 0 Å². The second kappa shape index (κ2) is 43.4. The standard InChI is InChI=1S/C55H95NO10/c1-4-7-10-13-16-19-22-24-25-26-28-31-34-37-40-43-50(60)66-53-52(62)51(61)49(44-57)65-55(53)64-45-46(47(58)41-38-35-32-30-27-23-20-17-14-11-8-5-2)56-54(63)48(59)42-39-36-33-29-21-18-15-12-9-6-3/h7,10,13,15-16,18-19,22,24-25,38,41,46-49,51-53,55,57-59,61-62H,4-6,8-9,11-12,14,17,20-21,23,26-37,39-40,42-45H2,1-3H3,(H,56,63)/b10-7+,16-13+,18-15-,22-19+,25-24-,41-38+. The van der Waals surface area contributed by atoms with E-state index in [4.69, 9.17) is 14.2 Å². The summed E-state index contributed by atoms with van der Waals surface area (Å²) in [6.07, 6.45) is 42.4. The van der Waals surface area contributed by atoms with Crippen molar-refractivity contribution in [3.63, 3.8) is 0 Å². The van der Waals surface area contributed by atoms with Crippen molar-refractivity contribution in [3.05, 3.63) is 72.9 Å². The molecule has 8 atom stereocenters. The maximum absolute atomic E-state index is 13.3. The first kappa shape index (κ1) is 61.1. The van der Waals surface area contributed by atoms with Crippen LogP contribution in [0, 0.1) is 0 Å². The van der Waals surface area contributed by atoms with Crippen LogP contribution >= 0.6 is 0 Å². The molecule has 1 fully saturated rings. The van der Waals surface area contributed by atoms with Crippen LogP contribution in [0.5, 0.6) is 0 Å². The van der Waals surface area contributed by atoms with Gasteiger partial charge in [-0.2, -0.15) is 0 Å². The Bertz CT molecular complexity index is 1340. The molecule has 11 heteroatoms. The lowest BCUT2D eigenvalue weighted by molar-refractivity contribution is -0.305. The molecule has 1 aliphatic rings. The summed E-state index contributed by atoms with van der Waals surface area (Å²) in [5, 5.41) is 56.5. The zero-order chi connectivity index (χ0) is 48.3. The molecule has 66 heavy (non-hydrogen) atoms. The van der Waals surface area contributed by atoms with Gasteiger partial charge in [0.05, 0.1) is 25.4 Å². The topological polar surface area (TPSA) is 175 Å². The number of ether oxygens (including phenoxy) is 3. The van der Waals surface area contributed by atoms with Gasteiger partial charge in [0.25, 0.3) is 0 Å². The summed E-state index contributed by atoms with van der Waals surface area (Å²) in [4.78, 5) is 26.3. The van der Waals surface area contributed by atoms with Crippen molar-refractivity contribution >= 4 is 11.9 Å². The maximum Gasteiger partial charge on any atom is 0.306 e. The molecule has 0 spiro atoms. The molecule has 0 bridgehead atoms. The molecule has 0 radical (unpaired) electrons. The SMILES string of the molecule is CC/C=C/C=C/C=C/C=C\CCCCCCCC(=O)OC1C(OCC(NC(=O)C(O)CCCCCC/C=C\CCCC)C(O)/C=C/CCCCCCCCCCCC)OC(CO)C(O)C1O. The van der Waals surface area contributed by atoms with E-state index in [0.717, 1.165) is 89.9 Å². The predicted molar refractivity (Wildman–Crippen MR) is 269 cm³/mol. The lowest BCUT2D eigenvalue weighted by Crippen LogP contribution is -2.61. The van der Waals surface area contributed by atoms with Gasteiger partial charge in [0.15, 0.2) is 12.4 Å². The number of aliphatic hydroxyl groups is 5. The van der Waals surface area contributed by atoms with Gasteiger partial charge in [-0.25, -0.2) is 0 Å². The molecule has 0 saturated carbocycles. The van der Waals surface area contributed by atoms with Gasteiger partial charge in [0.1, 0.15) is 24.4 Å².